The highest BCUT2D eigenvalue weighted by Crippen LogP contribution is 2.31. The van der Waals surface area contributed by atoms with E-state index in [-0.39, 0.29) is 29.9 Å². The van der Waals surface area contributed by atoms with Crippen molar-refractivity contribution in [3.05, 3.63) is 35.4 Å². The van der Waals surface area contributed by atoms with Crippen LogP contribution in [0.4, 0.5) is 0 Å². The first-order valence-corrected chi connectivity index (χ1v) is 8.51. The Hall–Kier alpha value is -1.57. The lowest BCUT2D eigenvalue weighted by Crippen LogP contribution is -2.43. The van der Waals surface area contributed by atoms with Crippen LogP contribution in [0.3, 0.4) is 0 Å². The van der Waals surface area contributed by atoms with Gasteiger partial charge >= 0.3 is 0 Å². The highest BCUT2D eigenvalue weighted by molar-refractivity contribution is 7.79. The molecule has 1 atom stereocenters. The van der Waals surface area contributed by atoms with Gasteiger partial charge in [0.1, 0.15) is 5.94 Å². The van der Waals surface area contributed by atoms with Crippen molar-refractivity contribution in [2.75, 3.05) is 5.94 Å². The van der Waals surface area contributed by atoms with Gasteiger partial charge in [0, 0.05) is 6.04 Å². The van der Waals surface area contributed by atoms with Crippen LogP contribution in [0.1, 0.15) is 46.4 Å². The minimum atomic E-state index is -1.96. The average Bonchev–Trinajstić information content (AvgIpc) is 2.78. The van der Waals surface area contributed by atoms with Gasteiger partial charge in [0.2, 0.25) is 0 Å². The molecule has 7 heteroatoms. The third kappa shape index (κ3) is 2.84. The monoisotopic (exact) mass is 323 g/mol. The Morgan fingerprint density at radius 2 is 1.64 bits per heavy atom. The van der Waals surface area contributed by atoms with Gasteiger partial charge in [-0.1, -0.05) is 12.1 Å². The number of rotatable bonds is 4. The molecule has 2 aliphatic rings. The first-order chi connectivity index (χ1) is 10.6. The van der Waals surface area contributed by atoms with Crippen LogP contribution >= 0.6 is 0 Å². The zero-order valence-corrected chi connectivity index (χ0v) is 12.8. The number of fused-ring (bicyclic) bond motifs is 1. The summed E-state index contributed by atoms with van der Waals surface area (Å²) in [6, 6.07) is 6.76. The second-order valence-corrected chi connectivity index (χ2v) is 6.44. The molecule has 0 saturated heterocycles. The first-order valence-electron chi connectivity index (χ1n) is 7.24. The van der Waals surface area contributed by atoms with E-state index in [1.54, 1.807) is 24.3 Å². The van der Waals surface area contributed by atoms with E-state index in [9.17, 15) is 13.8 Å². The molecular formula is C15H17NO5S. The molecule has 2 amide bonds. The Morgan fingerprint density at radius 3 is 2.14 bits per heavy atom. The molecule has 6 nitrogen and oxygen atoms in total. The Morgan fingerprint density at radius 1 is 1.09 bits per heavy atom. The van der Waals surface area contributed by atoms with Gasteiger partial charge in [-0.2, -0.15) is 0 Å². The number of imide groups is 1. The Kier molecular flexibility index (Phi) is 4.37. The van der Waals surface area contributed by atoms with Crippen molar-refractivity contribution in [3.63, 3.8) is 0 Å². The molecule has 0 radical (unpaired) electrons. The summed E-state index contributed by atoms with van der Waals surface area (Å²) in [4.78, 5) is 26.2. The highest BCUT2D eigenvalue weighted by atomic mass is 32.2. The van der Waals surface area contributed by atoms with Crippen molar-refractivity contribution in [3.8, 4) is 0 Å². The normalized spacial score (nSPS) is 26.1. The van der Waals surface area contributed by atoms with Gasteiger partial charge in [-0.05, 0) is 37.8 Å². The minimum Gasteiger partial charge on any atom is -0.362 e. The zero-order valence-electron chi connectivity index (χ0n) is 11.9. The van der Waals surface area contributed by atoms with Crippen LogP contribution in [-0.4, -0.2) is 43.6 Å². The standard InChI is InChI=1S/C15H17NO5S/c17-14-12-3-1-2-4-13(12)15(18)16(14)10-5-7-11(8-6-10)21-9-22(19)20/h1-4,10-11H,5-9H2,(H,19,20)/t10-,11+. The molecule has 1 N–H and O–H groups in total. The van der Waals surface area contributed by atoms with Crippen molar-refractivity contribution < 1.29 is 23.1 Å². The van der Waals surface area contributed by atoms with Crippen molar-refractivity contribution in [1.82, 2.24) is 4.90 Å². The van der Waals surface area contributed by atoms with Gasteiger partial charge in [-0.3, -0.25) is 14.5 Å². The van der Waals surface area contributed by atoms with Gasteiger partial charge in [0.15, 0.2) is 11.1 Å². The molecular weight excluding hydrogens is 306 g/mol. The van der Waals surface area contributed by atoms with Crippen LogP contribution in [0.2, 0.25) is 0 Å². The summed E-state index contributed by atoms with van der Waals surface area (Å²) in [6.07, 6.45) is 2.59. The number of ether oxygens (including phenoxy) is 1. The third-order valence-electron chi connectivity index (χ3n) is 4.24. The number of hydrogen-bond acceptors (Lipinski definition) is 4. The van der Waals surface area contributed by atoms with Gasteiger partial charge in [0.05, 0.1) is 17.2 Å². The van der Waals surface area contributed by atoms with Crippen LogP contribution in [-0.2, 0) is 15.8 Å². The molecule has 1 heterocycles. The molecule has 1 aliphatic heterocycles. The SMILES string of the molecule is O=C1c2ccccc2C(=O)N1[C@H]1CC[C@@H](OCS(=O)O)CC1. The van der Waals surface area contributed by atoms with E-state index in [0.717, 1.165) is 0 Å². The fourth-order valence-electron chi connectivity index (χ4n) is 3.16. The number of nitrogens with zero attached hydrogens (tertiary/aromatic N) is 1. The van der Waals surface area contributed by atoms with Crippen molar-refractivity contribution in [1.29, 1.82) is 0 Å². The number of amides is 2. The third-order valence-corrected chi connectivity index (χ3v) is 4.58. The fourth-order valence-corrected chi connectivity index (χ4v) is 3.47. The fraction of sp³-hybridized carbons (Fsp3) is 0.467. The van der Waals surface area contributed by atoms with Gasteiger partial charge in [-0.15, -0.1) is 0 Å². The lowest BCUT2D eigenvalue weighted by atomic mass is 9.92. The molecule has 0 aromatic heterocycles. The second-order valence-electron chi connectivity index (χ2n) is 5.56. The van der Waals surface area contributed by atoms with Crippen LogP contribution in [0.15, 0.2) is 24.3 Å². The van der Waals surface area contributed by atoms with E-state index in [0.29, 0.717) is 36.8 Å². The summed E-state index contributed by atoms with van der Waals surface area (Å²) in [5.41, 5.74) is 0.947. The smallest absolute Gasteiger partial charge is 0.261 e. The van der Waals surface area contributed by atoms with E-state index < -0.39 is 11.1 Å². The molecule has 1 saturated carbocycles. The Labute approximate surface area is 130 Å². The number of carbonyl (C=O) groups excluding carboxylic acids is 2. The average molecular weight is 323 g/mol. The summed E-state index contributed by atoms with van der Waals surface area (Å²) in [5, 5.41) is 0. The zero-order chi connectivity index (χ0) is 15.7. The summed E-state index contributed by atoms with van der Waals surface area (Å²) in [7, 11) is 0. The second kappa shape index (κ2) is 6.28. The van der Waals surface area contributed by atoms with Crippen LogP contribution < -0.4 is 0 Å². The number of benzene rings is 1. The van der Waals surface area contributed by atoms with E-state index >= 15 is 0 Å². The van der Waals surface area contributed by atoms with Gasteiger partial charge in [-0.25, -0.2) is 4.21 Å². The van der Waals surface area contributed by atoms with E-state index in [1.807, 2.05) is 0 Å². The van der Waals surface area contributed by atoms with Crippen molar-refractivity contribution in [2.45, 2.75) is 37.8 Å². The molecule has 1 aromatic carbocycles. The Balaban J connectivity index is 1.64. The predicted molar refractivity (Wildman–Crippen MR) is 79.7 cm³/mol. The van der Waals surface area contributed by atoms with E-state index in [4.69, 9.17) is 9.29 Å². The molecule has 118 valence electrons. The predicted octanol–water partition coefficient (Wildman–Crippen LogP) is 1.79. The van der Waals surface area contributed by atoms with E-state index in [1.165, 1.54) is 4.90 Å². The molecule has 0 bridgehead atoms. The van der Waals surface area contributed by atoms with Crippen LogP contribution in [0.5, 0.6) is 0 Å². The Bertz CT molecular complexity index is 589. The summed E-state index contributed by atoms with van der Waals surface area (Å²) in [6.45, 7) is 0. The number of hydrogen-bond donors (Lipinski definition) is 1. The maximum Gasteiger partial charge on any atom is 0.261 e. The molecule has 1 fully saturated rings. The minimum absolute atomic E-state index is 0.0810. The molecule has 0 spiro atoms. The van der Waals surface area contributed by atoms with E-state index in [2.05, 4.69) is 0 Å². The summed E-state index contributed by atoms with van der Waals surface area (Å²) in [5.74, 6) is -0.634. The molecule has 22 heavy (non-hydrogen) atoms. The maximum atomic E-state index is 12.4. The molecule has 1 aromatic rings. The van der Waals surface area contributed by atoms with Gasteiger partial charge < -0.3 is 9.29 Å². The van der Waals surface area contributed by atoms with Crippen LogP contribution in [0, 0.1) is 0 Å². The molecule has 1 unspecified atom stereocenters. The summed E-state index contributed by atoms with van der Waals surface area (Å²) < 4.78 is 24.7. The number of carbonyl (C=O) groups is 2. The largest absolute Gasteiger partial charge is 0.362 e. The highest BCUT2D eigenvalue weighted by Gasteiger charge is 2.40. The first kappa shape index (κ1) is 15.3. The summed E-state index contributed by atoms with van der Waals surface area (Å²) >= 11 is -1.96. The maximum absolute atomic E-state index is 12.4. The van der Waals surface area contributed by atoms with Gasteiger partial charge in [0.25, 0.3) is 11.8 Å². The lowest BCUT2D eigenvalue weighted by molar-refractivity contribution is 0.0263. The molecule has 1 aliphatic carbocycles. The quantitative estimate of drug-likeness (QED) is 0.674. The lowest BCUT2D eigenvalue weighted by Gasteiger charge is -2.33. The van der Waals surface area contributed by atoms with Crippen LogP contribution in [0.25, 0.3) is 0 Å². The topological polar surface area (TPSA) is 83.9 Å². The molecule has 3 rings (SSSR count). The van der Waals surface area contributed by atoms with Crippen molar-refractivity contribution >= 4 is 22.9 Å². The van der Waals surface area contributed by atoms with Crippen molar-refractivity contribution in [2.24, 2.45) is 0 Å².